The highest BCUT2D eigenvalue weighted by molar-refractivity contribution is 5.68. The van der Waals surface area contributed by atoms with Crippen LogP contribution in [0.4, 0.5) is 0 Å². The predicted molar refractivity (Wildman–Crippen MR) is 41.8 cm³/mol. The first kappa shape index (κ1) is 11.2. The number of rotatable bonds is 7. The number of carbonyl (C=O) groups is 2. The van der Waals surface area contributed by atoms with Gasteiger partial charge in [-0.3, -0.25) is 0 Å². The number of aliphatic hydroxyl groups is 1. The van der Waals surface area contributed by atoms with E-state index >= 15 is 0 Å². The molecule has 0 aromatic heterocycles. The third-order valence-corrected chi connectivity index (χ3v) is 1.27. The number of aldehydes is 2. The van der Waals surface area contributed by atoms with Crippen LogP contribution in [0.5, 0.6) is 0 Å². The molecular weight excluding hydrogens is 162 g/mol. The zero-order valence-corrected chi connectivity index (χ0v) is 6.90. The Kier molecular flexibility index (Phi) is 6.45. The standard InChI is InChI=1S/C7H13NO4/c1-8-2-3-12-7(5-10)6(11)4-9/h4-8,11H,2-3H2,1H3/t6-,7-/m0/s1. The Labute approximate surface area is 70.7 Å². The van der Waals surface area contributed by atoms with Crippen LogP contribution in [0, 0.1) is 0 Å². The maximum absolute atomic E-state index is 10.2. The van der Waals surface area contributed by atoms with E-state index in [-0.39, 0.29) is 12.9 Å². The topological polar surface area (TPSA) is 75.6 Å². The Bertz CT molecular complexity index is 139. The molecule has 2 N–H and O–H groups in total. The highest BCUT2D eigenvalue weighted by Crippen LogP contribution is 1.92. The first-order valence-corrected chi connectivity index (χ1v) is 3.61. The number of hydrogen-bond donors (Lipinski definition) is 2. The van der Waals surface area contributed by atoms with Crippen molar-refractivity contribution in [2.45, 2.75) is 12.2 Å². The van der Waals surface area contributed by atoms with Gasteiger partial charge in [0.05, 0.1) is 6.61 Å². The summed E-state index contributed by atoms with van der Waals surface area (Å²) in [6.45, 7) is 0.848. The molecule has 0 aliphatic rings. The molecule has 5 nitrogen and oxygen atoms in total. The normalized spacial score (nSPS) is 15.2. The van der Waals surface area contributed by atoms with Gasteiger partial charge in [0, 0.05) is 6.54 Å². The van der Waals surface area contributed by atoms with Crippen LogP contribution in [0.15, 0.2) is 0 Å². The van der Waals surface area contributed by atoms with E-state index in [2.05, 4.69) is 5.32 Å². The van der Waals surface area contributed by atoms with Crippen molar-refractivity contribution < 1.29 is 19.4 Å². The summed E-state index contributed by atoms with van der Waals surface area (Å²) in [4.78, 5) is 20.3. The lowest BCUT2D eigenvalue weighted by molar-refractivity contribution is -0.134. The Morgan fingerprint density at radius 1 is 1.50 bits per heavy atom. The molecule has 70 valence electrons. The van der Waals surface area contributed by atoms with Crippen molar-refractivity contribution in [3.63, 3.8) is 0 Å². The SMILES string of the molecule is CNCCO[C@@H](C=O)[C@@H](O)C=O. The van der Waals surface area contributed by atoms with Gasteiger partial charge in [0.1, 0.15) is 12.2 Å². The van der Waals surface area contributed by atoms with Gasteiger partial charge in [-0.2, -0.15) is 0 Å². The molecule has 0 fully saturated rings. The summed E-state index contributed by atoms with van der Waals surface area (Å²) < 4.78 is 4.87. The van der Waals surface area contributed by atoms with Gasteiger partial charge >= 0.3 is 0 Å². The Balaban J connectivity index is 3.66. The molecule has 12 heavy (non-hydrogen) atoms. The van der Waals surface area contributed by atoms with E-state index in [4.69, 9.17) is 9.84 Å². The van der Waals surface area contributed by atoms with E-state index < -0.39 is 12.2 Å². The van der Waals surface area contributed by atoms with Gasteiger partial charge in [0.25, 0.3) is 0 Å². The monoisotopic (exact) mass is 175 g/mol. The van der Waals surface area contributed by atoms with E-state index in [0.29, 0.717) is 12.8 Å². The Morgan fingerprint density at radius 2 is 2.17 bits per heavy atom. The van der Waals surface area contributed by atoms with E-state index in [1.807, 2.05) is 0 Å². The molecule has 0 saturated heterocycles. The van der Waals surface area contributed by atoms with Gasteiger partial charge in [-0.05, 0) is 7.05 Å². The van der Waals surface area contributed by atoms with Crippen LogP contribution in [-0.2, 0) is 14.3 Å². The average Bonchev–Trinajstić information content (AvgIpc) is 2.11. The van der Waals surface area contributed by atoms with E-state index in [9.17, 15) is 9.59 Å². The second-order valence-corrected chi connectivity index (χ2v) is 2.20. The Hall–Kier alpha value is -0.780. The molecule has 0 aromatic carbocycles. The van der Waals surface area contributed by atoms with Crippen molar-refractivity contribution in [1.82, 2.24) is 5.32 Å². The highest BCUT2D eigenvalue weighted by atomic mass is 16.5. The van der Waals surface area contributed by atoms with Gasteiger partial charge in [0.15, 0.2) is 12.6 Å². The number of ether oxygens (including phenoxy) is 1. The molecule has 0 bridgehead atoms. The van der Waals surface area contributed by atoms with Crippen molar-refractivity contribution in [2.75, 3.05) is 20.2 Å². The molecule has 0 saturated carbocycles. The second-order valence-electron chi connectivity index (χ2n) is 2.20. The van der Waals surface area contributed by atoms with Gasteiger partial charge in [0.2, 0.25) is 0 Å². The zero-order valence-electron chi connectivity index (χ0n) is 6.90. The van der Waals surface area contributed by atoms with Crippen LogP contribution in [0.1, 0.15) is 0 Å². The largest absolute Gasteiger partial charge is 0.382 e. The third kappa shape index (κ3) is 4.17. The third-order valence-electron chi connectivity index (χ3n) is 1.27. The van der Waals surface area contributed by atoms with E-state index in [0.717, 1.165) is 0 Å². The molecule has 0 unspecified atom stereocenters. The van der Waals surface area contributed by atoms with Crippen LogP contribution in [-0.4, -0.2) is 50.1 Å². The van der Waals surface area contributed by atoms with Crippen molar-refractivity contribution in [3.8, 4) is 0 Å². The highest BCUT2D eigenvalue weighted by Gasteiger charge is 2.17. The predicted octanol–water partition coefficient (Wildman–Crippen LogP) is -1.65. The molecule has 0 amide bonds. The Morgan fingerprint density at radius 3 is 2.58 bits per heavy atom. The van der Waals surface area contributed by atoms with Crippen LogP contribution in [0.2, 0.25) is 0 Å². The molecule has 2 atom stereocenters. The van der Waals surface area contributed by atoms with E-state index in [1.54, 1.807) is 7.05 Å². The summed E-state index contributed by atoms with van der Waals surface area (Å²) in [5, 5.41) is 11.7. The first-order chi connectivity index (χ1) is 5.76. The van der Waals surface area contributed by atoms with Crippen LogP contribution >= 0.6 is 0 Å². The summed E-state index contributed by atoms with van der Waals surface area (Å²) in [7, 11) is 1.73. The summed E-state index contributed by atoms with van der Waals surface area (Å²) in [5.41, 5.74) is 0. The summed E-state index contributed by atoms with van der Waals surface area (Å²) in [6, 6.07) is 0. The summed E-state index contributed by atoms with van der Waals surface area (Å²) >= 11 is 0. The van der Waals surface area contributed by atoms with Crippen LogP contribution < -0.4 is 5.32 Å². The number of carbonyl (C=O) groups excluding carboxylic acids is 2. The van der Waals surface area contributed by atoms with Gasteiger partial charge in [-0.15, -0.1) is 0 Å². The van der Waals surface area contributed by atoms with Crippen molar-refractivity contribution in [2.24, 2.45) is 0 Å². The van der Waals surface area contributed by atoms with Gasteiger partial charge in [-0.1, -0.05) is 0 Å². The lowest BCUT2D eigenvalue weighted by Crippen LogP contribution is -2.33. The number of hydrogen-bond acceptors (Lipinski definition) is 5. The molecule has 0 aliphatic carbocycles. The minimum Gasteiger partial charge on any atom is -0.382 e. The number of nitrogens with one attached hydrogen (secondary N) is 1. The van der Waals surface area contributed by atoms with Crippen LogP contribution in [0.25, 0.3) is 0 Å². The second kappa shape index (κ2) is 6.90. The minimum absolute atomic E-state index is 0.276. The van der Waals surface area contributed by atoms with E-state index in [1.165, 1.54) is 0 Å². The molecule has 5 heteroatoms. The molecule has 0 aromatic rings. The maximum Gasteiger partial charge on any atom is 0.151 e. The summed E-state index contributed by atoms with van der Waals surface area (Å²) in [6.07, 6.45) is -1.72. The first-order valence-electron chi connectivity index (χ1n) is 3.61. The maximum atomic E-state index is 10.2. The molecule has 0 radical (unpaired) electrons. The molecule has 0 rings (SSSR count). The fourth-order valence-electron chi connectivity index (χ4n) is 0.593. The molecule has 0 heterocycles. The number of aliphatic hydroxyl groups excluding tert-OH is 1. The molecule has 0 aliphatic heterocycles. The smallest absolute Gasteiger partial charge is 0.151 e. The van der Waals surface area contributed by atoms with Gasteiger partial charge < -0.3 is 24.7 Å². The lowest BCUT2D eigenvalue weighted by atomic mass is 10.2. The molecule has 0 spiro atoms. The molecular formula is C7H13NO4. The van der Waals surface area contributed by atoms with Crippen LogP contribution in [0.3, 0.4) is 0 Å². The average molecular weight is 175 g/mol. The number of likely N-dealkylation sites (N-methyl/N-ethyl adjacent to an activating group) is 1. The summed E-state index contributed by atoms with van der Waals surface area (Å²) in [5.74, 6) is 0. The van der Waals surface area contributed by atoms with Gasteiger partial charge in [-0.25, -0.2) is 0 Å². The fraction of sp³-hybridized carbons (Fsp3) is 0.714. The minimum atomic E-state index is -1.36. The van der Waals surface area contributed by atoms with Crippen molar-refractivity contribution >= 4 is 12.6 Å². The fourth-order valence-corrected chi connectivity index (χ4v) is 0.593. The quantitative estimate of drug-likeness (QED) is 0.358. The van der Waals surface area contributed by atoms with Crippen molar-refractivity contribution in [3.05, 3.63) is 0 Å². The lowest BCUT2D eigenvalue weighted by Gasteiger charge is -2.12. The van der Waals surface area contributed by atoms with Crippen molar-refractivity contribution in [1.29, 1.82) is 0 Å². The zero-order chi connectivity index (χ0) is 9.40.